The maximum atomic E-state index is 12.4. The van der Waals surface area contributed by atoms with Gasteiger partial charge in [0, 0.05) is 24.5 Å². The molecule has 0 aliphatic carbocycles. The molecule has 1 amide bonds. The highest BCUT2D eigenvalue weighted by atomic mass is 32.2. The number of nitrogens with zero attached hydrogens (tertiary/aromatic N) is 2. The first-order chi connectivity index (χ1) is 12.2. The summed E-state index contributed by atoms with van der Waals surface area (Å²) in [5.74, 6) is 1.22. The highest BCUT2D eigenvalue weighted by molar-refractivity contribution is 7.99. The molecule has 2 aromatic carbocycles. The van der Waals surface area contributed by atoms with E-state index in [0.29, 0.717) is 12.3 Å². The summed E-state index contributed by atoms with van der Waals surface area (Å²) in [7, 11) is 3.45. The number of pyridine rings is 1. The minimum Gasteiger partial charge on any atom is -0.496 e. The average molecular weight is 352 g/mol. The topological polar surface area (TPSA) is 42.4 Å². The van der Waals surface area contributed by atoms with Crippen LogP contribution in [-0.4, -0.2) is 35.7 Å². The largest absolute Gasteiger partial charge is 0.496 e. The number of rotatable bonds is 6. The third-order valence-corrected chi connectivity index (χ3v) is 4.86. The second-order valence-corrected chi connectivity index (χ2v) is 6.69. The summed E-state index contributed by atoms with van der Waals surface area (Å²) in [6.45, 7) is 0.522. The molecule has 3 aromatic rings. The van der Waals surface area contributed by atoms with E-state index >= 15 is 0 Å². The molecular weight excluding hydrogens is 332 g/mol. The smallest absolute Gasteiger partial charge is 0.233 e. The molecule has 1 aromatic heterocycles. The SMILES string of the molecule is COc1ccccc1CN(C)C(=O)CSc1ccc2ccccc2n1. The Labute approximate surface area is 151 Å². The second kappa shape index (κ2) is 8.03. The van der Waals surface area contributed by atoms with Gasteiger partial charge < -0.3 is 9.64 Å². The van der Waals surface area contributed by atoms with Crippen molar-refractivity contribution < 1.29 is 9.53 Å². The fraction of sp³-hybridized carbons (Fsp3) is 0.200. The number of carbonyl (C=O) groups excluding carboxylic acids is 1. The highest BCUT2D eigenvalue weighted by Gasteiger charge is 2.12. The van der Waals surface area contributed by atoms with Crippen LogP contribution >= 0.6 is 11.8 Å². The van der Waals surface area contributed by atoms with E-state index in [1.54, 1.807) is 12.0 Å². The molecule has 0 aliphatic rings. The predicted octanol–water partition coefficient (Wildman–Crippen LogP) is 3.99. The van der Waals surface area contributed by atoms with Crippen LogP contribution in [0.25, 0.3) is 10.9 Å². The van der Waals surface area contributed by atoms with Crippen molar-refractivity contribution in [2.75, 3.05) is 19.9 Å². The van der Waals surface area contributed by atoms with Gasteiger partial charge in [0.2, 0.25) is 5.91 Å². The zero-order valence-corrected chi connectivity index (χ0v) is 15.1. The minimum atomic E-state index is 0.0610. The van der Waals surface area contributed by atoms with Gasteiger partial charge in [0.15, 0.2) is 0 Å². The summed E-state index contributed by atoms with van der Waals surface area (Å²) in [6, 6.07) is 19.7. The summed E-state index contributed by atoms with van der Waals surface area (Å²) >= 11 is 1.46. The van der Waals surface area contributed by atoms with Gasteiger partial charge in [-0.05, 0) is 18.2 Å². The molecular formula is C20H20N2O2S. The normalized spacial score (nSPS) is 10.6. The summed E-state index contributed by atoms with van der Waals surface area (Å²) in [5.41, 5.74) is 1.94. The quantitative estimate of drug-likeness (QED) is 0.629. The Morgan fingerprint density at radius 3 is 2.68 bits per heavy atom. The van der Waals surface area contributed by atoms with Gasteiger partial charge in [-0.25, -0.2) is 4.98 Å². The number of aromatic nitrogens is 1. The van der Waals surface area contributed by atoms with Crippen molar-refractivity contribution in [2.24, 2.45) is 0 Å². The molecule has 0 aliphatic heterocycles. The lowest BCUT2D eigenvalue weighted by molar-refractivity contribution is -0.127. The third kappa shape index (κ3) is 4.31. The number of ether oxygens (including phenoxy) is 1. The van der Waals surface area contributed by atoms with Crippen LogP contribution in [0.5, 0.6) is 5.75 Å². The molecule has 4 nitrogen and oxygen atoms in total. The van der Waals surface area contributed by atoms with Gasteiger partial charge in [-0.1, -0.05) is 54.2 Å². The van der Waals surface area contributed by atoms with Crippen LogP contribution in [0.15, 0.2) is 65.7 Å². The van der Waals surface area contributed by atoms with Crippen molar-refractivity contribution in [2.45, 2.75) is 11.6 Å². The Hall–Kier alpha value is -2.53. The van der Waals surface area contributed by atoms with Gasteiger partial charge in [-0.15, -0.1) is 0 Å². The van der Waals surface area contributed by atoms with E-state index in [2.05, 4.69) is 4.98 Å². The summed E-state index contributed by atoms with van der Waals surface area (Å²) in [5, 5.41) is 1.96. The Bertz CT molecular complexity index is 882. The lowest BCUT2D eigenvalue weighted by atomic mass is 10.2. The Balaban J connectivity index is 1.61. The van der Waals surface area contributed by atoms with Crippen LogP contribution in [-0.2, 0) is 11.3 Å². The lowest BCUT2D eigenvalue weighted by Gasteiger charge is -2.18. The first-order valence-electron chi connectivity index (χ1n) is 8.02. The Morgan fingerprint density at radius 2 is 1.84 bits per heavy atom. The maximum Gasteiger partial charge on any atom is 0.233 e. The molecule has 1 heterocycles. The van der Waals surface area contributed by atoms with Crippen LogP contribution in [0.3, 0.4) is 0 Å². The number of fused-ring (bicyclic) bond motifs is 1. The summed E-state index contributed by atoms with van der Waals surface area (Å²) in [4.78, 5) is 18.7. The van der Waals surface area contributed by atoms with Gasteiger partial charge in [0.05, 0.1) is 23.4 Å². The molecule has 0 bridgehead atoms. The molecule has 0 fully saturated rings. The molecule has 5 heteroatoms. The molecule has 25 heavy (non-hydrogen) atoms. The van der Waals surface area contributed by atoms with E-state index in [4.69, 9.17) is 4.74 Å². The molecule has 0 spiro atoms. The molecule has 0 saturated carbocycles. The lowest BCUT2D eigenvalue weighted by Crippen LogP contribution is -2.28. The van der Waals surface area contributed by atoms with Gasteiger partial charge in [0.1, 0.15) is 5.75 Å². The third-order valence-electron chi connectivity index (χ3n) is 3.94. The van der Waals surface area contributed by atoms with Crippen molar-refractivity contribution in [3.63, 3.8) is 0 Å². The number of amides is 1. The van der Waals surface area contributed by atoms with Crippen LogP contribution in [0, 0.1) is 0 Å². The van der Waals surface area contributed by atoms with Gasteiger partial charge in [-0.3, -0.25) is 4.79 Å². The highest BCUT2D eigenvalue weighted by Crippen LogP contribution is 2.22. The predicted molar refractivity (Wildman–Crippen MR) is 102 cm³/mol. The van der Waals surface area contributed by atoms with Crippen molar-refractivity contribution in [3.8, 4) is 5.75 Å². The van der Waals surface area contributed by atoms with E-state index in [1.165, 1.54) is 11.8 Å². The monoisotopic (exact) mass is 352 g/mol. The van der Waals surface area contributed by atoms with E-state index in [0.717, 1.165) is 27.2 Å². The van der Waals surface area contributed by atoms with E-state index in [-0.39, 0.29) is 5.91 Å². The maximum absolute atomic E-state index is 12.4. The van der Waals surface area contributed by atoms with Crippen molar-refractivity contribution in [3.05, 3.63) is 66.2 Å². The number of hydrogen-bond donors (Lipinski definition) is 0. The average Bonchev–Trinajstić information content (AvgIpc) is 2.66. The standard InChI is InChI=1S/C20H20N2O2S/c1-22(13-16-8-4-6-10-18(16)24-2)20(23)14-25-19-12-11-15-7-3-5-9-17(15)21-19/h3-12H,13-14H2,1-2H3. The fourth-order valence-electron chi connectivity index (χ4n) is 2.55. The number of benzene rings is 2. The van der Waals surface area contributed by atoms with E-state index in [9.17, 15) is 4.79 Å². The molecule has 0 radical (unpaired) electrons. The first-order valence-corrected chi connectivity index (χ1v) is 9.00. The number of hydrogen-bond acceptors (Lipinski definition) is 4. The number of methoxy groups -OCH3 is 1. The van der Waals surface area contributed by atoms with Crippen LogP contribution in [0.4, 0.5) is 0 Å². The molecule has 128 valence electrons. The summed E-state index contributed by atoms with van der Waals surface area (Å²) < 4.78 is 5.34. The molecule has 0 saturated heterocycles. The Morgan fingerprint density at radius 1 is 1.08 bits per heavy atom. The van der Waals surface area contributed by atoms with Gasteiger partial charge >= 0.3 is 0 Å². The van der Waals surface area contributed by atoms with Crippen LogP contribution in [0.1, 0.15) is 5.56 Å². The number of carbonyl (C=O) groups is 1. The van der Waals surface area contributed by atoms with Crippen molar-refractivity contribution >= 4 is 28.6 Å². The van der Waals surface area contributed by atoms with Crippen LogP contribution < -0.4 is 4.74 Å². The molecule has 0 N–H and O–H groups in total. The first kappa shape index (κ1) is 17.3. The number of para-hydroxylation sites is 2. The van der Waals surface area contributed by atoms with Crippen LogP contribution in [0.2, 0.25) is 0 Å². The molecule has 0 unspecified atom stereocenters. The minimum absolute atomic E-state index is 0.0610. The molecule has 0 atom stereocenters. The fourth-order valence-corrected chi connectivity index (χ4v) is 3.37. The van der Waals surface area contributed by atoms with Crippen molar-refractivity contribution in [1.82, 2.24) is 9.88 Å². The zero-order chi connectivity index (χ0) is 17.6. The van der Waals surface area contributed by atoms with Gasteiger partial charge in [0.25, 0.3) is 0 Å². The second-order valence-electron chi connectivity index (χ2n) is 5.69. The van der Waals surface area contributed by atoms with E-state index < -0.39 is 0 Å². The zero-order valence-electron chi connectivity index (χ0n) is 14.3. The number of thioether (sulfide) groups is 1. The Kier molecular flexibility index (Phi) is 5.56. The van der Waals surface area contributed by atoms with Gasteiger partial charge in [-0.2, -0.15) is 0 Å². The van der Waals surface area contributed by atoms with E-state index in [1.807, 2.05) is 67.7 Å². The molecule has 3 rings (SSSR count). The summed E-state index contributed by atoms with van der Waals surface area (Å²) in [6.07, 6.45) is 0. The van der Waals surface area contributed by atoms with Crippen molar-refractivity contribution in [1.29, 1.82) is 0 Å².